The molecule has 1 amide bonds. The second-order valence-corrected chi connectivity index (χ2v) is 4.93. The molecular formula is C13H10N4OS. The van der Waals surface area contributed by atoms with E-state index in [-0.39, 0.29) is 5.91 Å². The van der Waals surface area contributed by atoms with Crippen molar-refractivity contribution in [3.05, 3.63) is 47.5 Å². The lowest BCUT2D eigenvalue weighted by Crippen LogP contribution is -2.11. The summed E-state index contributed by atoms with van der Waals surface area (Å²) in [5.41, 5.74) is 6.82. The number of fused-ring (bicyclic) bond motifs is 1. The van der Waals surface area contributed by atoms with E-state index in [0.29, 0.717) is 16.5 Å². The van der Waals surface area contributed by atoms with Crippen LogP contribution in [0.1, 0.15) is 9.80 Å². The second-order valence-electron chi connectivity index (χ2n) is 3.90. The van der Waals surface area contributed by atoms with Gasteiger partial charge in [0, 0.05) is 5.69 Å². The molecule has 0 radical (unpaired) electrons. The SMILES string of the molecule is Nc1ccc2sc(C(=O)Nc3ccccc3)nc2n1. The van der Waals surface area contributed by atoms with E-state index in [9.17, 15) is 4.79 Å². The van der Waals surface area contributed by atoms with Crippen LogP contribution in [-0.2, 0) is 0 Å². The van der Waals surface area contributed by atoms with Crippen LogP contribution in [0.25, 0.3) is 10.3 Å². The second kappa shape index (κ2) is 4.66. The van der Waals surface area contributed by atoms with Crippen molar-refractivity contribution in [2.75, 3.05) is 11.1 Å². The first-order chi connectivity index (χ1) is 9.22. The molecule has 2 heterocycles. The van der Waals surface area contributed by atoms with Gasteiger partial charge in [0.1, 0.15) is 5.82 Å². The van der Waals surface area contributed by atoms with Gasteiger partial charge in [-0.05, 0) is 24.3 Å². The molecule has 3 aromatic rings. The van der Waals surface area contributed by atoms with Crippen LogP contribution in [0.2, 0.25) is 0 Å². The summed E-state index contributed by atoms with van der Waals surface area (Å²) < 4.78 is 0.840. The van der Waals surface area contributed by atoms with Crippen molar-refractivity contribution >= 4 is 39.1 Å². The molecule has 1 aromatic carbocycles. The van der Waals surface area contributed by atoms with E-state index >= 15 is 0 Å². The lowest BCUT2D eigenvalue weighted by Gasteiger charge is -2.00. The smallest absolute Gasteiger partial charge is 0.284 e. The first-order valence-corrected chi connectivity index (χ1v) is 6.43. The van der Waals surface area contributed by atoms with Gasteiger partial charge < -0.3 is 11.1 Å². The number of nitrogens with two attached hydrogens (primary N) is 1. The highest BCUT2D eigenvalue weighted by Crippen LogP contribution is 2.22. The summed E-state index contributed by atoms with van der Waals surface area (Å²) in [4.78, 5) is 20.3. The van der Waals surface area contributed by atoms with Crippen molar-refractivity contribution in [2.45, 2.75) is 0 Å². The van der Waals surface area contributed by atoms with Crippen LogP contribution < -0.4 is 11.1 Å². The van der Waals surface area contributed by atoms with Gasteiger partial charge in [0.15, 0.2) is 10.7 Å². The molecule has 3 rings (SSSR count). The summed E-state index contributed by atoms with van der Waals surface area (Å²) in [6.45, 7) is 0. The van der Waals surface area contributed by atoms with Crippen molar-refractivity contribution < 1.29 is 4.79 Å². The number of hydrogen-bond acceptors (Lipinski definition) is 5. The number of nitrogens with one attached hydrogen (secondary N) is 1. The Hall–Kier alpha value is -2.47. The quantitative estimate of drug-likeness (QED) is 0.749. The number of amides is 1. The van der Waals surface area contributed by atoms with E-state index in [2.05, 4.69) is 15.3 Å². The highest BCUT2D eigenvalue weighted by Gasteiger charge is 2.13. The molecule has 0 aliphatic carbocycles. The zero-order chi connectivity index (χ0) is 13.2. The molecule has 3 N–H and O–H groups in total. The molecule has 2 aromatic heterocycles. The Morgan fingerprint density at radius 3 is 2.68 bits per heavy atom. The van der Waals surface area contributed by atoms with Crippen LogP contribution in [0, 0.1) is 0 Å². The Kier molecular flexibility index (Phi) is 2.85. The fourth-order valence-electron chi connectivity index (χ4n) is 1.64. The van der Waals surface area contributed by atoms with E-state index in [4.69, 9.17) is 5.73 Å². The lowest BCUT2D eigenvalue weighted by molar-refractivity contribution is 0.102. The van der Waals surface area contributed by atoms with Gasteiger partial charge in [-0.2, -0.15) is 0 Å². The van der Waals surface area contributed by atoms with Crippen molar-refractivity contribution in [3.8, 4) is 0 Å². The summed E-state index contributed by atoms with van der Waals surface area (Å²) >= 11 is 1.29. The summed E-state index contributed by atoms with van der Waals surface area (Å²) in [7, 11) is 0. The van der Waals surface area contributed by atoms with E-state index in [0.717, 1.165) is 10.4 Å². The van der Waals surface area contributed by atoms with Gasteiger partial charge in [-0.25, -0.2) is 9.97 Å². The predicted octanol–water partition coefficient (Wildman–Crippen LogP) is 2.53. The lowest BCUT2D eigenvalue weighted by atomic mass is 10.3. The minimum Gasteiger partial charge on any atom is -0.384 e. The molecule has 0 bridgehead atoms. The number of benzene rings is 1. The molecule has 0 saturated heterocycles. The van der Waals surface area contributed by atoms with Gasteiger partial charge in [0.25, 0.3) is 5.91 Å². The highest BCUT2D eigenvalue weighted by molar-refractivity contribution is 7.20. The largest absolute Gasteiger partial charge is 0.384 e. The monoisotopic (exact) mass is 270 g/mol. The Balaban J connectivity index is 1.89. The van der Waals surface area contributed by atoms with Crippen LogP contribution in [0.5, 0.6) is 0 Å². The summed E-state index contributed by atoms with van der Waals surface area (Å²) in [6.07, 6.45) is 0. The first kappa shape index (κ1) is 11.6. The number of nitrogens with zero attached hydrogens (tertiary/aromatic N) is 2. The number of hydrogen-bond donors (Lipinski definition) is 2. The van der Waals surface area contributed by atoms with Gasteiger partial charge in [0.2, 0.25) is 0 Å². The normalized spacial score (nSPS) is 10.5. The maximum absolute atomic E-state index is 12.0. The fraction of sp³-hybridized carbons (Fsp3) is 0. The van der Waals surface area contributed by atoms with E-state index in [1.165, 1.54) is 11.3 Å². The van der Waals surface area contributed by atoms with E-state index in [1.807, 2.05) is 36.4 Å². The average Bonchev–Trinajstić information content (AvgIpc) is 2.83. The van der Waals surface area contributed by atoms with Crippen LogP contribution in [0.15, 0.2) is 42.5 Å². The number of carbonyl (C=O) groups is 1. The van der Waals surface area contributed by atoms with Crippen molar-refractivity contribution in [1.29, 1.82) is 0 Å². The molecule has 0 saturated carbocycles. The number of carbonyl (C=O) groups excluding carboxylic acids is 1. The molecule has 0 unspecified atom stereocenters. The van der Waals surface area contributed by atoms with Crippen molar-refractivity contribution in [3.63, 3.8) is 0 Å². The standard InChI is InChI=1S/C13H10N4OS/c14-10-7-6-9-11(16-10)17-13(19-9)12(18)15-8-4-2-1-3-5-8/h1-7H,(H2,14,16)(H,15,18). The Morgan fingerprint density at radius 2 is 1.89 bits per heavy atom. The Morgan fingerprint density at radius 1 is 1.11 bits per heavy atom. The molecule has 6 heteroatoms. The molecule has 0 aliphatic heterocycles. The van der Waals surface area contributed by atoms with Crippen LogP contribution in [0.4, 0.5) is 11.5 Å². The number of thiazole rings is 1. The summed E-state index contributed by atoms with van der Waals surface area (Å²) in [5, 5.41) is 3.16. The molecule has 0 fully saturated rings. The minimum absolute atomic E-state index is 0.243. The topological polar surface area (TPSA) is 80.9 Å². The van der Waals surface area contributed by atoms with Crippen LogP contribution in [0.3, 0.4) is 0 Å². The van der Waals surface area contributed by atoms with Gasteiger partial charge in [-0.1, -0.05) is 18.2 Å². The zero-order valence-electron chi connectivity index (χ0n) is 9.83. The third kappa shape index (κ3) is 2.38. The molecule has 0 aliphatic rings. The summed E-state index contributed by atoms with van der Waals surface area (Å²) in [5.74, 6) is 0.153. The van der Waals surface area contributed by atoms with Gasteiger partial charge in [0.05, 0.1) is 4.70 Å². The molecule has 0 spiro atoms. The van der Waals surface area contributed by atoms with Crippen LogP contribution >= 0.6 is 11.3 Å². The number of pyridine rings is 1. The molecular weight excluding hydrogens is 260 g/mol. The fourth-order valence-corrected chi connectivity index (χ4v) is 2.44. The number of nitrogen functional groups attached to an aromatic ring is 1. The minimum atomic E-state index is -0.243. The third-order valence-corrected chi connectivity index (χ3v) is 3.51. The number of para-hydroxylation sites is 1. The van der Waals surface area contributed by atoms with Gasteiger partial charge in [-0.15, -0.1) is 11.3 Å². The Labute approximate surface area is 113 Å². The molecule has 94 valence electrons. The number of anilines is 2. The molecule has 0 atom stereocenters. The maximum Gasteiger partial charge on any atom is 0.284 e. The maximum atomic E-state index is 12.0. The Bertz CT molecular complexity index is 739. The van der Waals surface area contributed by atoms with Gasteiger partial charge in [-0.3, -0.25) is 4.79 Å². The highest BCUT2D eigenvalue weighted by atomic mass is 32.1. The first-order valence-electron chi connectivity index (χ1n) is 5.62. The summed E-state index contributed by atoms with van der Waals surface area (Å²) in [6, 6.07) is 12.8. The molecule has 19 heavy (non-hydrogen) atoms. The zero-order valence-corrected chi connectivity index (χ0v) is 10.6. The van der Waals surface area contributed by atoms with E-state index in [1.54, 1.807) is 6.07 Å². The molecule has 5 nitrogen and oxygen atoms in total. The number of aromatic nitrogens is 2. The van der Waals surface area contributed by atoms with E-state index < -0.39 is 0 Å². The predicted molar refractivity (Wildman–Crippen MR) is 76.2 cm³/mol. The number of rotatable bonds is 2. The van der Waals surface area contributed by atoms with Crippen LogP contribution in [-0.4, -0.2) is 15.9 Å². The third-order valence-electron chi connectivity index (χ3n) is 2.50. The van der Waals surface area contributed by atoms with Crippen molar-refractivity contribution in [2.24, 2.45) is 0 Å². The average molecular weight is 270 g/mol. The van der Waals surface area contributed by atoms with Gasteiger partial charge >= 0.3 is 0 Å². The van der Waals surface area contributed by atoms with Crippen molar-refractivity contribution in [1.82, 2.24) is 9.97 Å².